The zero-order valence-corrected chi connectivity index (χ0v) is 11.4. The quantitative estimate of drug-likeness (QED) is 0.713. The lowest BCUT2D eigenvalue weighted by Crippen LogP contribution is -2.51. The van der Waals surface area contributed by atoms with Gasteiger partial charge in [-0.15, -0.1) is 0 Å². The normalized spacial score (nSPS) is 20.6. The molecule has 1 heterocycles. The van der Waals surface area contributed by atoms with Gasteiger partial charge in [0.25, 0.3) is 0 Å². The van der Waals surface area contributed by atoms with Crippen LogP contribution in [0.2, 0.25) is 0 Å². The van der Waals surface area contributed by atoms with Gasteiger partial charge in [0.2, 0.25) is 0 Å². The van der Waals surface area contributed by atoms with E-state index in [4.69, 9.17) is 5.73 Å². The van der Waals surface area contributed by atoms with E-state index >= 15 is 0 Å². The number of nitrogens with zero attached hydrogens (tertiary/aromatic N) is 3. The van der Waals surface area contributed by atoms with Crippen molar-refractivity contribution < 1.29 is 0 Å². The van der Waals surface area contributed by atoms with Gasteiger partial charge in [0.15, 0.2) is 0 Å². The molecule has 0 bridgehead atoms. The summed E-state index contributed by atoms with van der Waals surface area (Å²) in [4.78, 5) is 7.30. The van der Waals surface area contributed by atoms with Crippen molar-refractivity contribution in [2.75, 3.05) is 59.9 Å². The van der Waals surface area contributed by atoms with Gasteiger partial charge in [0.05, 0.1) is 0 Å². The summed E-state index contributed by atoms with van der Waals surface area (Å²) < 4.78 is 0. The molecule has 4 heteroatoms. The Morgan fingerprint density at radius 2 is 1.75 bits per heavy atom. The second-order valence-corrected chi connectivity index (χ2v) is 5.58. The van der Waals surface area contributed by atoms with Gasteiger partial charge in [-0.2, -0.15) is 0 Å². The van der Waals surface area contributed by atoms with E-state index in [0.717, 1.165) is 13.1 Å². The maximum absolute atomic E-state index is 5.77. The molecule has 1 rings (SSSR count). The van der Waals surface area contributed by atoms with Crippen LogP contribution in [-0.4, -0.2) is 80.1 Å². The highest BCUT2D eigenvalue weighted by atomic mass is 15.3. The van der Waals surface area contributed by atoms with E-state index in [1.54, 1.807) is 0 Å². The molecule has 0 aromatic carbocycles. The maximum atomic E-state index is 5.77. The fourth-order valence-corrected chi connectivity index (χ4v) is 1.82. The monoisotopic (exact) mass is 228 g/mol. The smallest absolute Gasteiger partial charge is 0.0272 e. The first kappa shape index (κ1) is 13.9. The van der Waals surface area contributed by atoms with Crippen LogP contribution in [0.5, 0.6) is 0 Å². The van der Waals surface area contributed by atoms with Crippen molar-refractivity contribution in [1.82, 2.24) is 14.7 Å². The molecule has 4 nitrogen and oxygen atoms in total. The van der Waals surface area contributed by atoms with Crippen molar-refractivity contribution in [3.05, 3.63) is 0 Å². The maximum Gasteiger partial charge on any atom is 0.0272 e. The lowest BCUT2D eigenvalue weighted by molar-refractivity contribution is 0.109. The Kier molecular flexibility index (Phi) is 5.18. The van der Waals surface area contributed by atoms with Crippen LogP contribution in [0.4, 0.5) is 0 Å². The van der Waals surface area contributed by atoms with Gasteiger partial charge in [-0.25, -0.2) is 0 Å². The number of piperazine rings is 1. The largest absolute Gasteiger partial charge is 0.329 e. The summed E-state index contributed by atoms with van der Waals surface area (Å²) in [7, 11) is 4.37. The highest BCUT2D eigenvalue weighted by Crippen LogP contribution is 2.10. The minimum absolute atomic E-state index is 0.118. The number of rotatable bonds is 5. The Balaban J connectivity index is 2.24. The first-order valence-electron chi connectivity index (χ1n) is 6.28. The van der Waals surface area contributed by atoms with Crippen LogP contribution < -0.4 is 5.73 Å². The van der Waals surface area contributed by atoms with Crippen LogP contribution >= 0.6 is 0 Å². The summed E-state index contributed by atoms with van der Waals surface area (Å²) in [6, 6.07) is 0. The van der Waals surface area contributed by atoms with Gasteiger partial charge >= 0.3 is 0 Å². The molecular weight excluding hydrogens is 200 g/mol. The Morgan fingerprint density at radius 1 is 1.19 bits per heavy atom. The van der Waals surface area contributed by atoms with Crippen LogP contribution in [-0.2, 0) is 0 Å². The molecule has 0 atom stereocenters. The average Bonchev–Trinajstić information content (AvgIpc) is 2.28. The number of hydrogen-bond acceptors (Lipinski definition) is 4. The average molecular weight is 228 g/mol. The lowest BCUT2D eigenvalue weighted by Gasteiger charge is -2.38. The molecule has 0 aromatic rings. The number of hydrogen-bond donors (Lipinski definition) is 1. The molecule has 1 saturated heterocycles. The fraction of sp³-hybridized carbons (Fsp3) is 1.00. The molecule has 0 saturated carbocycles. The van der Waals surface area contributed by atoms with Gasteiger partial charge < -0.3 is 10.6 Å². The third-order valence-electron chi connectivity index (χ3n) is 3.88. The van der Waals surface area contributed by atoms with Crippen molar-refractivity contribution in [2.45, 2.75) is 19.4 Å². The van der Waals surface area contributed by atoms with E-state index in [1.165, 1.54) is 26.2 Å². The van der Waals surface area contributed by atoms with Gasteiger partial charge in [-0.3, -0.25) is 9.80 Å². The van der Waals surface area contributed by atoms with Crippen LogP contribution in [0.1, 0.15) is 13.8 Å². The van der Waals surface area contributed by atoms with Gasteiger partial charge in [-0.1, -0.05) is 0 Å². The summed E-state index contributed by atoms with van der Waals surface area (Å²) in [5.74, 6) is 0. The molecule has 1 aliphatic rings. The molecule has 0 radical (unpaired) electrons. The third-order valence-corrected chi connectivity index (χ3v) is 3.88. The van der Waals surface area contributed by atoms with Crippen LogP contribution in [0.25, 0.3) is 0 Å². The van der Waals surface area contributed by atoms with Crippen molar-refractivity contribution >= 4 is 0 Å². The molecular formula is C12H28N4. The Morgan fingerprint density at radius 3 is 2.25 bits per heavy atom. The molecule has 0 amide bonds. The molecule has 1 aliphatic heterocycles. The molecule has 16 heavy (non-hydrogen) atoms. The van der Waals surface area contributed by atoms with E-state index in [-0.39, 0.29) is 5.54 Å². The van der Waals surface area contributed by atoms with E-state index in [1.807, 2.05) is 0 Å². The minimum atomic E-state index is 0.118. The predicted octanol–water partition coefficient (Wildman–Crippen LogP) is -0.0971. The Labute approximate surface area is 100 Å². The molecule has 1 fully saturated rings. The number of likely N-dealkylation sites (N-methyl/N-ethyl adjacent to an activating group) is 2. The highest BCUT2D eigenvalue weighted by molar-refractivity contribution is 4.81. The van der Waals surface area contributed by atoms with Crippen LogP contribution in [0, 0.1) is 0 Å². The zero-order chi connectivity index (χ0) is 12.2. The molecule has 0 aliphatic carbocycles. The van der Waals surface area contributed by atoms with E-state index in [0.29, 0.717) is 6.54 Å². The van der Waals surface area contributed by atoms with Gasteiger partial charge in [0.1, 0.15) is 0 Å². The minimum Gasteiger partial charge on any atom is -0.329 e. The molecule has 0 spiro atoms. The van der Waals surface area contributed by atoms with Gasteiger partial charge in [-0.05, 0) is 27.9 Å². The fourth-order valence-electron chi connectivity index (χ4n) is 1.82. The molecule has 2 N–H and O–H groups in total. The molecule has 96 valence electrons. The third kappa shape index (κ3) is 4.01. The first-order chi connectivity index (χ1) is 7.45. The van der Waals surface area contributed by atoms with Crippen molar-refractivity contribution in [2.24, 2.45) is 5.73 Å². The summed E-state index contributed by atoms with van der Waals surface area (Å²) in [5, 5.41) is 0. The SMILES string of the molecule is CN1CCN(CCN(C)C(C)(C)CN)CC1. The summed E-state index contributed by atoms with van der Waals surface area (Å²) >= 11 is 0. The summed E-state index contributed by atoms with van der Waals surface area (Å²) in [5.41, 5.74) is 5.89. The van der Waals surface area contributed by atoms with Crippen molar-refractivity contribution in [1.29, 1.82) is 0 Å². The van der Waals surface area contributed by atoms with Crippen molar-refractivity contribution in [3.63, 3.8) is 0 Å². The van der Waals surface area contributed by atoms with Crippen LogP contribution in [0.15, 0.2) is 0 Å². The summed E-state index contributed by atoms with van der Waals surface area (Å²) in [6.07, 6.45) is 0. The van der Waals surface area contributed by atoms with Crippen molar-refractivity contribution in [3.8, 4) is 0 Å². The first-order valence-corrected chi connectivity index (χ1v) is 6.28. The topological polar surface area (TPSA) is 35.7 Å². The lowest BCUT2D eigenvalue weighted by atomic mass is 10.0. The van der Waals surface area contributed by atoms with E-state index < -0.39 is 0 Å². The number of nitrogens with two attached hydrogens (primary N) is 1. The predicted molar refractivity (Wildman–Crippen MR) is 69.7 cm³/mol. The van der Waals surface area contributed by atoms with Crippen LogP contribution in [0.3, 0.4) is 0 Å². The Bertz CT molecular complexity index is 197. The molecule has 0 aromatic heterocycles. The standard InChI is InChI=1S/C12H28N4/c1-12(2,11-13)15(4)7-10-16-8-5-14(3)6-9-16/h5-11,13H2,1-4H3. The molecule has 0 unspecified atom stereocenters. The summed E-state index contributed by atoms with van der Waals surface area (Å²) in [6.45, 7) is 12.2. The zero-order valence-electron chi connectivity index (χ0n) is 11.4. The van der Waals surface area contributed by atoms with E-state index in [9.17, 15) is 0 Å². The second kappa shape index (κ2) is 5.96. The highest BCUT2D eigenvalue weighted by Gasteiger charge is 2.22. The van der Waals surface area contributed by atoms with Gasteiger partial charge in [0, 0.05) is 51.4 Å². The Hall–Kier alpha value is -0.160. The second-order valence-electron chi connectivity index (χ2n) is 5.58. The van der Waals surface area contributed by atoms with E-state index in [2.05, 4.69) is 42.6 Å².